The molecule has 2 rings (SSSR count). The summed E-state index contributed by atoms with van der Waals surface area (Å²) in [6.07, 6.45) is 1.71. The first-order valence-electron chi connectivity index (χ1n) is 4.75. The molecule has 2 aromatic rings. The zero-order valence-electron chi connectivity index (χ0n) is 8.72. The molecule has 4 nitrogen and oxygen atoms in total. The molecule has 1 aromatic heterocycles. The van der Waals surface area contributed by atoms with Crippen LogP contribution in [0.5, 0.6) is 11.5 Å². The van der Waals surface area contributed by atoms with Gasteiger partial charge in [-0.3, -0.25) is 0 Å². The lowest BCUT2D eigenvalue weighted by Crippen LogP contribution is -2.03. The Morgan fingerprint density at radius 3 is 2.81 bits per heavy atom. The number of nitrogens with zero attached hydrogens (tertiary/aromatic N) is 2. The molecule has 0 atom stereocenters. The second-order valence-electron chi connectivity index (χ2n) is 3.31. The molecule has 0 aliphatic rings. The summed E-state index contributed by atoms with van der Waals surface area (Å²) < 4.78 is 8.23. The summed E-state index contributed by atoms with van der Waals surface area (Å²) in [4.78, 5) is 4.17. The predicted octanol–water partition coefficient (Wildman–Crippen LogP) is 2.47. The standard InChI is InChI=1S/C11H11BrN2O2/c1-14-10(12)6-13-11(14)7-16-9-5-3-2-4-8(9)15/h2-6,15H,7H2,1H3. The van der Waals surface area contributed by atoms with Crippen molar-refractivity contribution in [1.29, 1.82) is 0 Å². The molecule has 84 valence electrons. The first-order valence-corrected chi connectivity index (χ1v) is 5.54. The first-order chi connectivity index (χ1) is 7.68. The number of hydrogen-bond acceptors (Lipinski definition) is 3. The summed E-state index contributed by atoms with van der Waals surface area (Å²) in [6, 6.07) is 6.86. The number of halogens is 1. The average Bonchev–Trinajstić information content (AvgIpc) is 2.59. The summed E-state index contributed by atoms with van der Waals surface area (Å²) in [5.41, 5.74) is 0. The molecule has 16 heavy (non-hydrogen) atoms. The van der Waals surface area contributed by atoms with Gasteiger partial charge in [0.05, 0.1) is 6.20 Å². The van der Waals surface area contributed by atoms with Gasteiger partial charge in [0.25, 0.3) is 0 Å². The van der Waals surface area contributed by atoms with E-state index in [9.17, 15) is 5.11 Å². The van der Waals surface area contributed by atoms with Crippen molar-refractivity contribution in [2.75, 3.05) is 0 Å². The van der Waals surface area contributed by atoms with Crippen LogP contribution in [0.1, 0.15) is 5.82 Å². The Labute approximate surface area is 102 Å². The van der Waals surface area contributed by atoms with Crippen molar-refractivity contribution >= 4 is 15.9 Å². The second-order valence-corrected chi connectivity index (χ2v) is 4.13. The van der Waals surface area contributed by atoms with Crippen molar-refractivity contribution in [3.63, 3.8) is 0 Å². The van der Waals surface area contributed by atoms with Crippen LogP contribution in [0.2, 0.25) is 0 Å². The van der Waals surface area contributed by atoms with Crippen molar-refractivity contribution < 1.29 is 9.84 Å². The molecule has 0 bridgehead atoms. The van der Waals surface area contributed by atoms with Gasteiger partial charge in [0.2, 0.25) is 0 Å². The summed E-state index contributed by atoms with van der Waals surface area (Å²) >= 11 is 3.35. The molecule has 0 aliphatic heterocycles. The third-order valence-electron chi connectivity index (χ3n) is 2.25. The molecule has 1 aromatic carbocycles. The highest BCUT2D eigenvalue weighted by molar-refractivity contribution is 9.10. The lowest BCUT2D eigenvalue weighted by molar-refractivity contribution is 0.276. The van der Waals surface area contributed by atoms with Gasteiger partial charge in [-0.1, -0.05) is 12.1 Å². The molecular formula is C11H11BrN2O2. The molecule has 0 radical (unpaired) electrons. The summed E-state index contributed by atoms with van der Waals surface area (Å²) in [5, 5.41) is 9.50. The molecule has 0 saturated carbocycles. The van der Waals surface area contributed by atoms with Gasteiger partial charge in [-0.25, -0.2) is 4.98 Å². The van der Waals surface area contributed by atoms with Crippen LogP contribution in [0.15, 0.2) is 35.1 Å². The third kappa shape index (κ3) is 2.19. The number of phenolic OH excluding ortho intramolecular Hbond substituents is 1. The monoisotopic (exact) mass is 282 g/mol. The number of ether oxygens (including phenoxy) is 1. The minimum absolute atomic E-state index is 0.135. The summed E-state index contributed by atoms with van der Waals surface area (Å²) in [5.74, 6) is 1.38. The molecule has 1 heterocycles. The normalized spacial score (nSPS) is 10.4. The van der Waals surface area contributed by atoms with Gasteiger partial charge < -0.3 is 14.4 Å². The van der Waals surface area contributed by atoms with E-state index in [4.69, 9.17) is 4.74 Å². The van der Waals surface area contributed by atoms with E-state index in [1.165, 1.54) is 0 Å². The van der Waals surface area contributed by atoms with E-state index in [1.54, 1.807) is 24.4 Å². The van der Waals surface area contributed by atoms with Crippen LogP contribution >= 0.6 is 15.9 Å². The van der Waals surface area contributed by atoms with Gasteiger partial charge >= 0.3 is 0 Å². The van der Waals surface area contributed by atoms with E-state index < -0.39 is 0 Å². The SMILES string of the molecule is Cn1c(Br)cnc1COc1ccccc1O. The minimum Gasteiger partial charge on any atom is -0.504 e. The fourth-order valence-corrected chi connectivity index (χ4v) is 1.59. The van der Waals surface area contributed by atoms with Gasteiger partial charge in [-0.2, -0.15) is 0 Å². The molecule has 0 spiro atoms. The number of rotatable bonds is 3. The number of para-hydroxylation sites is 2. The smallest absolute Gasteiger partial charge is 0.161 e. The van der Waals surface area contributed by atoms with Crippen molar-refractivity contribution in [1.82, 2.24) is 9.55 Å². The summed E-state index contributed by atoms with van der Waals surface area (Å²) in [6.45, 7) is 0.319. The van der Waals surface area contributed by atoms with Crippen molar-refractivity contribution in [3.8, 4) is 11.5 Å². The van der Waals surface area contributed by atoms with Gasteiger partial charge in [0.1, 0.15) is 17.0 Å². The van der Waals surface area contributed by atoms with Gasteiger partial charge in [0.15, 0.2) is 11.5 Å². The highest BCUT2D eigenvalue weighted by Gasteiger charge is 2.06. The Kier molecular flexibility index (Phi) is 3.14. The van der Waals surface area contributed by atoms with Gasteiger partial charge in [0, 0.05) is 7.05 Å². The maximum Gasteiger partial charge on any atom is 0.161 e. The van der Waals surface area contributed by atoms with Crippen LogP contribution < -0.4 is 4.74 Å². The van der Waals surface area contributed by atoms with Crippen LogP contribution in [-0.4, -0.2) is 14.7 Å². The average molecular weight is 283 g/mol. The second kappa shape index (κ2) is 4.57. The highest BCUT2D eigenvalue weighted by atomic mass is 79.9. The Hall–Kier alpha value is -1.49. The maximum atomic E-state index is 9.50. The van der Waals surface area contributed by atoms with Gasteiger partial charge in [-0.05, 0) is 28.1 Å². The minimum atomic E-state index is 0.135. The lowest BCUT2D eigenvalue weighted by Gasteiger charge is -2.07. The number of benzene rings is 1. The van der Waals surface area contributed by atoms with Crippen LogP contribution in [0.25, 0.3) is 0 Å². The number of imidazole rings is 1. The van der Waals surface area contributed by atoms with E-state index >= 15 is 0 Å². The van der Waals surface area contributed by atoms with Crippen molar-refractivity contribution in [3.05, 3.63) is 40.9 Å². The van der Waals surface area contributed by atoms with E-state index in [-0.39, 0.29) is 5.75 Å². The highest BCUT2D eigenvalue weighted by Crippen LogP contribution is 2.25. The maximum absolute atomic E-state index is 9.50. The number of phenols is 1. The van der Waals surface area contributed by atoms with Crippen molar-refractivity contribution in [2.24, 2.45) is 7.05 Å². The van der Waals surface area contributed by atoms with E-state index in [2.05, 4.69) is 20.9 Å². The zero-order valence-corrected chi connectivity index (χ0v) is 10.3. The number of hydrogen-bond donors (Lipinski definition) is 1. The fraction of sp³-hybridized carbons (Fsp3) is 0.182. The number of aromatic nitrogens is 2. The Morgan fingerprint density at radius 2 is 2.19 bits per heavy atom. The Balaban J connectivity index is 2.08. The largest absolute Gasteiger partial charge is 0.504 e. The van der Waals surface area contributed by atoms with Gasteiger partial charge in [-0.15, -0.1) is 0 Å². The Morgan fingerprint density at radius 1 is 1.44 bits per heavy atom. The third-order valence-corrected chi connectivity index (χ3v) is 2.99. The van der Waals surface area contributed by atoms with Crippen LogP contribution in [-0.2, 0) is 13.7 Å². The van der Waals surface area contributed by atoms with Crippen LogP contribution in [0.4, 0.5) is 0 Å². The predicted molar refractivity (Wildman–Crippen MR) is 63.3 cm³/mol. The van der Waals surface area contributed by atoms with Crippen LogP contribution in [0, 0.1) is 0 Å². The topological polar surface area (TPSA) is 47.3 Å². The molecule has 0 amide bonds. The molecule has 1 N–H and O–H groups in total. The van der Waals surface area contributed by atoms with Crippen molar-refractivity contribution in [2.45, 2.75) is 6.61 Å². The fourth-order valence-electron chi connectivity index (χ4n) is 1.28. The Bertz CT molecular complexity index is 496. The van der Waals surface area contributed by atoms with E-state index in [1.807, 2.05) is 17.7 Å². The quantitative estimate of drug-likeness (QED) is 0.941. The molecule has 0 unspecified atom stereocenters. The number of aromatic hydroxyl groups is 1. The first kappa shape index (κ1) is 11.0. The molecule has 0 aliphatic carbocycles. The zero-order chi connectivity index (χ0) is 11.5. The van der Waals surface area contributed by atoms with Crippen LogP contribution in [0.3, 0.4) is 0 Å². The lowest BCUT2D eigenvalue weighted by atomic mass is 10.3. The molecular weight excluding hydrogens is 272 g/mol. The molecule has 0 saturated heterocycles. The summed E-state index contributed by atoms with van der Waals surface area (Å²) in [7, 11) is 1.89. The van der Waals surface area contributed by atoms with E-state index in [0.717, 1.165) is 10.4 Å². The molecule has 0 fully saturated rings. The molecule has 5 heteroatoms. The van der Waals surface area contributed by atoms with E-state index in [0.29, 0.717) is 12.4 Å².